The number of esters is 1. The van der Waals surface area contributed by atoms with Gasteiger partial charge in [-0.1, -0.05) is 12.2 Å². The van der Waals surface area contributed by atoms with Gasteiger partial charge in [0.25, 0.3) is 0 Å². The second kappa shape index (κ2) is 3.07. The van der Waals surface area contributed by atoms with E-state index in [1.165, 1.54) is 13.8 Å². The van der Waals surface area contributed by atoms with Gasteiger partial charge in [-0.2, -0.15) is 0 Å². The fourth-order valence-corrected chi connectivity index (χ4v) is 1.83. The zero-order valence-corrected chi connectivity index (χ0v) is 8.27. The number of carbonyl (C=O) groups is 1. The summed E-state index contributed by atoms with van der Waals surface area (Å²) in [7, 11) is 0. The van der Waals surface area contributed by atoms with Gasteiger partial charge in [-0.15, -0.1) is 0 Å². The van der Waals surface area contributed by atoms with Crippen molar-refractivity contribution in [2.45, 2.75) is 38.3 Å². The quantitative estimate of drug-likeness (QED) is 0.401. The molecule has 78 valence electrons. The molecule has 4 nitrogen and oxygen atoms in total. The van der Waals surface area contributed by atoms with Gasteiger partial charge in [0.2, 0.25) is 5.79 Å². The number of hydrogen-bond donors (Lipinski definition) is 1. The first-order valence-electron chi connectivity index (χ1n) is 4.75. The number of aliphatic hydroxyl groups is 1. The summed E-state index contributed by atoms with van der Waals surface area (Å²) in [5.41, 5.74) is 0. The van der Waals surface area contributed by atoms with Gasteiger partial charge in [0, 0.05) is 13.8 Å². The third-order valence-electron chi connectivity index (χ3n) is 2.38. The van der Waals surface area contributed by atoms with Gasteiger partial charge >= 0.3 is 5.97 Å². The number of carbonyl (C=O) groups excluding carboxylic acids is 1. The minimum atomic E-state index is -1.40. The van der Waals surface area contributed by atoms with Gasteiger partial charge in [-0.05, 0) is 6.42 Å². The van der Waals surface area contributed by atoms with E-state index in [4.69, 9.17) is 9.47 Å². The Bertz CT molecular complexity index is 276. The van der Waals surface area contributed by atoms with Crippen LogP contribution in [0.2, 0.25) is 0 Å². The molecule has 1 saturated heterocycles. The summed E-state index contributed by atoms with van der Waals surface area (Å²) in [5, 5.41) is 9.32. The molecule has 14 heavy (non-hydrogen) atoms. The number of fused-ring (bicyclic) bond motifs is 2. The second-order valence-electron chi connectivity index (χ2n) is 4.23. The fraction of sp³-hybridized carbons (Fsp3) is 0.700. The molecule has 0 spiro atoms. The lowest BCUT2D eigenvalue weighted by Gasteiger charge is -2.22. The van der Waals surface area contributed by atoms with Crippen LogP contribution in [0.25, 0.3) is 0 Å². The summed E-state index contributed by atoms with van der Waals surface area (Å²) in [6, 6.07) is 0. The lowest BCUT2D eigenvalue weighted by Crippen LogP contribution is -2.34. The molecule has 0 radical (unpaired) electrons. The van der Waals surface area contributed by atoms with Crippen LogP contribution in [0.3, 0.4) is 0 Å². The number of rotatable bonds is 2. The molecule has 2 aliphatic rings. The molecule has 3 atom stereocenters. The van der Waals surface area contributed by atoms with E-state index in [0.717, 1.165) is 0 Å². The molecule has 1 N–H and O–H groups in total. The van der Waals surface area contributed by atoms with Crippen LogP contribution in [0.5, 0.6) is 0 Å². The first-order valence-corrected chi connectivity index (χ1v) is 4.75. The van der Waals surface area contributed by atoms with Crippen molar-refractivity contribution >= 4 is 5.97 Å². The summed E-state index contributed by atoms with van der Waals surface area (Å²) < 4.78 is 10.3. The van der Waals surface area contributed by atoms with E-state index in [-0.39, 0.29) is 24.1 Å². The van der Waals surface area contributed by atoms with E-state index in [1.807, 2.05) is 12.2 Å². The molecule has 0 aromatic rings. The molecule has 1 fully saturated rings. The molecular weight excluding hydrogens is 184 g/mol. The molecular formula is C10H14O4. The summed E-state index contributed by atoms with van der Waals surface area (Å²) in [4.78, 5) is 11.6. The highest BCUT2D eigenvalue weighted by Gasteiger charge is 2.43. The maximum absolute atomic E-state index is 11.6. The Morgan fingerprint density at radius 2 is 2.29 bits per heavy atom. The van der Waals surface area contributed by atoms with Crippen molar-refractivity contribution in [1.29, 1.82) is 0 Å². The molecule has 0 aromatic carbocycles. The van der Waals surface area contributed by atoms with E-state index < -0.39 is 5.79 Å². The molecule has 3 unspecified atom stereocenters. The number of ether oxygens (including phenoxy) is 2. The topological polar surface area (TPSA) is 55.8 Å². The summed E-state index contributed by atoms with van der Waals surface area (Å²) in [6.45, 7) is 2.88. The summed E-state index contributed by atoms with van der Waals surface area (Å²) >= 11 is 0. The van der Waals surface area contributed by atoms with Crippen molar-refractivity contribution in [3.63, 3.8) is 0 Å². The van der Waals surface area contributed by atoms with Crippen molar-refractivity contribution < 1.29 is 19.4 Å². The van der Waals surface area contributed by atoms with E-state index in [9.17, 15) is 9.90 Å². The van der Waals surface area contributed by atoms with Crippen LogP contribution in [-0.2, 0) is 14.3 Å². The van der Waals surface area contributed by atoms with Crippen molar-refractivity contribution in [3.8, 4) is 0 Å². The Morgan fingerprint density at radius 1 is 1.57 bits per heavy atom. The van der Waals surface area contributed by atoms with Crippen molar-refractivity contribution in [2.75, 3.05) is 0 Å². The van der Waals surface area contributed by atoms with Gasteiger partial charge < -0.3 is 14.6 Å². The van der Waals surface area contributed by atoms with Crippen LogP contribution in [0, 0.1) is 5.92 Å². The van der Waals surface area contributed by atoms with Gasteiger partial charge in [0.15, 0.2) is 0 Å². The van der Waals surface area contributed by atoms with Crippen LogP contribution in [0.4, 0.5) is 0 Å². The van der Waals surface area contributed by atoms with E-state index in [2.05, 4.69) is 0 Å². The SMILES string of the molecule is CC(C)(O)OC(=O)C1CC2C=CC1O2. The maximum atomic E-state index is 11.6. The predicted molar refractivity (Wildman–Crippen MR) is 48.3 cm³/mol. The maximum Gasteiger partial charge on any atom is 0.314 e. The minimum absolute atomic E-state index is 0.0550. The predicted octanol–water partition coefficient (Wildman–Crippen LogP) is 0.601. The molecule has 0 aromatic heterocycles. The standard InChI is InChI=1S/C10H14O4/c1-10(2,12)14-9(11)7-5-6-3-4-8(7)13-6/h3-4,6-8,12H,5H2,1-2H3. The Balaban J connectivity index is 1.97. The zero-order chi connectivity index (χ0) is 10.3. The second-order valence-corrected chi connectivity index (χ2v) is 4.23. The highest BCUT2D eigenvalue weighted by molar-refractivity contribution is 5.74. The lowest BCUT2D eigenvalue weighted by molar-refractivity contribution is -0.200. The normalized spacial score (nSPS) is 34.9. The van der Waals surface area contributed by atoms with Crippen LogP contribution < -0.4 is 0 Å². The van der Waals surface area contributed by atoms with Crippen molar-refractivity contribution in [1.82, 2.24) is 0 Å². The van der Waals surface area contributed by atoms with E-state index >= 15 is 0 Å². The van der Waals surface area contributed by atoms with Crippen molar-refractivity contribution in [3.05, 3.63) is 12.2 Å². The molecule has 0 aliphatic carbocycles. The first kappa shape index (κ1) is 9.68. The smallest absolute Gasteiger partial charge is 0.314 e. The Hall–Kier alpha value is -0.870. The van der Waals surface area contributed by atoms with Crippen molar-refractivity contribution in [2.24, 2.45) is 5.92 Å². The fourth-order valence-electron chi connectivity index (χ4n) is 1.83. The monoisotopic (exact) mass is 198 g/mol. The average molecular weight is 198 g/mol. The molecule has 2 aliphatic heterocycles. The van der Waals surface area contributed by atoms with E-state index in [1.54, 1.807) is 0 Å². The van der Waals surface area contributed by atoms with Crippen LogP contribution >= 0.6 is 0 Å². The average Bonchev–Trinajstić information content (AvgIpc) is 2.59. The van der Waals surface area contributed by atoms with Gasteiger partial charge in [-0.25, -0.2) is 0 Å². The number of hydrogen-bond acceptors (Lipinski definition) is 4. The largest absolute Gasteiger partial charge is 0.434 e. The van der Waals surface area contributed by atoms with Crippen LogP contribution in [0.1, 0.15) is 20.3 Å². The zero-order valence-electron chi connectivity index (χ0n) is 8.27. The van der Waals surface area contributed by atoms with Gasteiger partial charge in [-0.3, -0.25) is 4.79 Å². The van der Waals surface area contributed by atoms with Crippen LogP contribution in [-0.4, -0.2) is 29.1 Å². The Kier molecular flexibility index (Phi) is 2.12. The van der Waals surface area contributed by atoms with Crippen LogP contribution in [0.15, 0.2) is 12.2 Å². The lowest BCUT2D eigenvalue weighted by atomic mass is 9.94. The highest BCUT2D eigenvalue weighted by atomic mass is 16.7. The third kappa shape index (κ3) is 1.81. The van der Waals surface area contributed by atoms with E-state index in [0.29, 0.717) is 6.42 Å². The molecule has 4 heteroatoms. The Morgan fingerprint density at radius 3 is 2.71 bits per heavy atom. The van der Waals surface area contributed by atoms with Gasteiger partial charge in [0.05, 0.1) is 18.1 Å². The first-order chi connectivity index (χ1) is 6.46. The summed E-state index contributed by atoms with van der Waals surface area (Å²) in [5.74, 6) is -2.03. The molecule has 2 heterocycles. The molecule has 2 rings (SSSR count). The highest BCUT2D eigenvalue weighted by Crippen LogP contribution is 2.34. The minimum Gasteiger partial charge on any atom is -0.434 e. The summed E-state index contributed by atoms with van der Waals surface area (Å²) in [6.07, 6.45) is 4.40. The third-order valence-corrected chi connectivity index (χ3v) is 2.38. The Labute approximate surface area is 82.5 Å². The molecule has 2 bridgehead atoms. The molecule has 0 saturated carbocycles. The molecule has 0 amide bonds. The van der Waals surface area contributed by atoms with Gasteiger partial charge in [0.1, 0.15) is 0 Å².